The van der Waals surface area contributed by atoms with E-state index in [-0.39, 0.29) is 61.2 Å². The van der Waals surface area contributed by atoms with Crippen LogP contribution in [0.4, 0.5) is 0 Å². The van der Waals surface area contributed by atoms with Gasteiger partial charge in [-0.25, -0.2) is 4.98 Å². The normalized spacial score (nSPS) is 15.8. The van der Waals surface area contributed by atoms with Gasteiger partial charge in [0.1, 0.15) is 0 Å². The number of fused-ring (bicyclic) bond motifs is 7. The van der Waals surface area contributed by atoms with E-state index in [9.17, 15) is 6.85 Å². The number of nitrogens with zero attached hydrogens (tertiary/aromatic N) is 5. The van der Waals surface area contributed by atoms with Gasteiger partial charge in [-0.3, -0.25) is 4.57 Å². The van der Waals surface area contributed by atoms with Crippen LogP contribution in [0.5, 0.6) is 0 Å². The number of para-hydroxylation sites is 3. The zero-order valence-corrected chi connectivity index (χ0v) is 25.8. The van der Waals surface area contributed by atoms with Gasteiger partial charge in [0, 0.05) is 38.4 Å². The molecule has 0 amide bonds. The van der Waals surface area contributed by atoms with Crippen LogP contribution in [0.2, 0.25) is 0 Å². The van der Waals surface area contributed by atoms with Gasteiger partial charge in [0.05, 0.1) is 42.6 Å². The minimum atomic E-state index is -0.768. The highest BCUT2D eigenvalue weighted by atomic mass is 15.2. The average Bonchev–Trinajstić information content (AvgIpc) is 3.87. The molecule has 0 aliphatic heterocycles. The van der Waals surface area contributed by atoms with Crippen LogP contribution < -0.4 is 0 Å². The van der Waals surface area contributed by atoms with Gasteiger partial charge in [-0.15, -0.1) is 0 Å². The van der Waals surface area contributed by atoms with Crippen LogP contribution >= 0.6 is 0 Å². The standard InChI is InChI=1S/C45H29N5/c1-4-14-30(15-5-1)31-24-26-33(27-25-31)44-46-43(32-16-6-2-7-17-32)47-45(48-44)50-38-23-13-11-21-36(38)42-40(50)29-28-39-41(42)35-20-10-12-22-37(35)49(39)34-18-8-3-9-19-34/h1-29H/i3D,8D,9D,10D,11D,12D,13D,18D,19D,20D,21D,22D,23D,28D,29D. The van der Waals surface area contributed by atoms with Gasteiger partial charge >= 0.3 is 0 Å². The molecule has 10 rings (SSSR count). The van der Waals surface area contributed by atoms with Crippen molar-refractivity contribution in [3.05, 3.63) is 176 Å². The van der Waals surface area contributed by atoms with Gasteiger partial charge < -0.3 is 4.57 Å². The molecule has 5 nitrogen and oxygen atoms in total. The van der Waals surface area contributed by atoms with Gasteiger partial charge in [-0.05, 0) is 47.4 Å². The van der Waals surface area contributed by atoms with Crippen molar-refractivity contribution in [2.24, 2.45) is 0 Å². The molecule has 7 aromatic carbocycles. The monoisotopic (exact) mass is 654 g/mol. The fraction of sp³-hybridized carbons (Fsp3) is 0. The predicted molar refractivity (Wildman–Crippen MR) is 205 cm³/mol. The molecular formula is C45H29N5. The third-order valence-corrected chi connectivity index (χ3v) is 8.57. The molecular weight excluding hydrogens is 611 g/mol. The van der Waals surface area contributed by atoms with E-state index in [2.05, 4.69) is 0 Å². The van der Waals surface area contributed by atoms with Crippen LogP contribution in [0.15, 0.2) is 176 Å². The molecule has 3 aromatic heterocycles. The van der Waals surface area contributed by atoms with Crippen LogP contribution in [-0.4, -0.2) is 24.1 Å². The van der Waals surface area contributed by atoms with Crippen molar-refractivity contribution in [2.75, 3.05) is 0 Å². The third-order valence-electron chi connectivity index (χ3n) is 8.57. The summed E-state index contributed by atoms with van der Waals surface area (Å²) in [6.45, 7) is 0. The Balaban J connectivity index is 1.43. The Morgan fingerprint density at radius 3 is 1.46 bits per heavy atom. The first-order valence-corrected chi connectivity index (χ1v) is 15.6. The number of aromatic nitrogens is 5. The Hall–Kier alpha value is -6.85. The van der Waals surface area contributed by atoms with E-state index in [1.54, 1.807) is 30.3 Å². The fourth-order valence-electron chi connectivity index (χ4n) is 6.37. The molecule has 0 radical (unpaired) electrons. The second-order valence-corrected chi connectivity index (χ2v) is 11.4. The highest BCUT2D eigenvalue weighted by Crippen LogP contribution is 2.42. The summed E-state index contributed by atoms with van der Waals surface area (Å²) < 4.78 is 137. The van der Waals surface area contributed by atoms with Crippen molar-refractivity contribution in [1.82, 2.24) is 24.1 Å². The van der Waals surface area contributed by atoms with Crippen molar-refractivity contribution < 1.29 is 20.6 Å². The molecule has 0 aliphatic rings. The first-order chi connectivity index (χ1) is 31.0. The van der Waals surface area contributed by atoms with Crippen molar-refractivity contribution in [1.29, 1.82) is 0 Å². The van der Waals surface area contributed by atoms with Crippen molar-refractivity contribution in [3.8, 4) is 45.5 Å². The lowest BCUT2D eigenvalue weighted by molar-refractivity contribution is 0.953. The highest BCUT2D eigenvalue weighted by molar-refractivity contribution is 6.28. The van der Waals surface area contributed by atoms with Gasteiger partial charge in [0.25, 0.3) is 0 Å². The van der Waals surface area contributed by atoms with E-state index >= 15 is 0 Å². The largest absolute Gasteiger partial charge is 0.309 e. The van der Waals surface area contributed by atoms with Crippen molar-refractivity contribution >= 4 is 43.6 Å². The zero-order valence-electron chi connectivity index (χ0n) is 40.8. The molecule has 0 N–H and O–H groups in total. The second kappa shape index (κ2) is 11.4. The molecule has 5 heteroatoms. The van der Waals surface area contributed by atoms with E-state index < -0.39 is 96.3 Å². The Labute approximate surface area is 309 Å². The van der Waals surface area contributed by atoms with Crippen LogP contribution in [0, 0.1) is 0 Å². The number of hydrogen-bond acceptors (Lipinski definition) is 3. The average molecular weight is 655 g/mol. The van der Waals surface area contributed by atoms with Gasteiger partial charge in [-0.1, -0.05) is 139 Å². The van der Waals surface area contributed by atoms with E-state index in [0.29, 0.717) is 11.1 Å². The molecule has 0 fully saturated rings. The van der Waals surface area contributed by atoms with Crippen LogP contribution in [0.1, 0.15) is 20.6 Å². The lowest BCUT2D eigenvalue weighted by Gasteiger charge is -2.11. The maximum absolute atomic E-state index is 9.76. The maximum atomic E-state index is 9.76. The molecule has 0 atom stereocenters. The van der Waals surface area contributed by atoms with E-state index in [4.69, 9.17) is 28.7 Å². The predicted octanol–water partition coefficient (Wildman–Crippen LogP) is 11.1. The van der Waals surface area contributed by atoms with Gasteiger partial charge in [-0.2, -0.15) is 9.97 Å². The van der Waals surface area contributed by atoms with Crippen LogP contribution in [0.25, 0.3) is 89.2 Å². The van der Waals surface area contributed by atoms with Gasteiger partial charge in [0.15, 0.2) is 11.6 Å². The molecule has 234 valence electrons. The molecule has 3 heterocycles. The molecule has 10 aromatic rings. The quantitative estimate of drug-likeness (QED) is 0.186. The minimum absolute atomic E-state index is 0.148. The fourth-order valence-corrected chi connectivity index (χ4v) is 6.37. The summed E-state index contributed by atoms with van der Waals surface area (Å²) in [6, 6.07) is 15.6. The second-order valence-electron chi connectivity index (χ2n) is 11.4. The molecule has 0 saturated carbocycles. The van der Waals surface area contributed by atoms with Gasteiger partial charge in [0.2, 0.25) is 5.95 Å². The Kier molecular flexibility index (Phi) is 3.87. The lowest BCUT2D eigenvalue weighted by Crippen LogP contribution is -2.06. The molecule has 0 saturated heterocycles. The summed E-state index contributed by atoms with van der Waals surface area (Å²) in [5.41, 5.74) is 1.20. The lowest BCUT2D eigenvalue weighted by atomic mass is 10.0. The number of rotatable bonds is 5. The summed E-state index contributed by atoms with van der Waals surface area (Å²) in [7, 11) is 0. The molecule has 0 spiro atoms. The van der Waals surface area contributed by atoms with E-state index in [1.807, 2.05) is 54.6 Å². The molecule has 0 bridgehead atoms. The molecule has 0 unspecified atom stereocenters. The molecule has 0 aliphatic carbocycles. The van der Waals surface area contributed by atoms with E-state index in [1.165, 1.54) is 4.57 Å². The first-order valence-electron chi connectivity index (χ1n) is 23.1. The Bertz CT molecular complexity index is 3680. The summed E-state index contributed by atoms with van der Waals surface area (Å²) in [5, 5.41) is -0.854. The number of benzene rings is 7. The first kappa shape index (κ1) is 17.0. The van der Waals surface area contributed by atoms with Crippen molar-refractivity contribution in [3.63, 3.8) is 0 Å². The van der Waals surface area contributed by atoms with E-state index in [0.717, 1.165) is 15.7 Å². The highest BCUT2D eigenvalue weighted by Gasteiger charge is 2.22. The van der Waals surface area contributed by atoms with Crippen LogP contribution in [-0.2, 0) is 0 Å². The summed E-state index contributed by atoms with van der Waals surface area (Å²) in [6.07, 6.45) is 0. The summed E-state index contributed by atoms with van der Waals surface area (Å²) in [4.78, 5) is 14.5. The zero-order chi connectivity index (χ0) is 46.1. The smallest absolute Gasteiger partial charge is 0.238 e. The summed E-state index contributed by atoms with van der Waals surface area (Å²) >= 11 is 0. The molecule has 50 heavy (non-hydrogen) atoms. The summed E-state index contributed by atoms with van der Waals surface area (Å²) in [5.74, 6) is 0.0867. The SMILES string of the molecule is [2H]c1c([2H])c([2H])c(-n2c3c([2H])c([2H])c([2H])c([2H])c3c3c4c5c([2H])c([2H])c([2H])c([2H])c5n(-c5nc(-c6ccccc6)nc(-c6ccc(-c7ccccc7)cc6)n5)c4c([2H])c([2H])c32)c([2H])c1[2H]. The number of hydrogen-bond donors (Lipinski definition) is 0. The topological polar surface area (TPSA) is 48.5 Å². The minimum Gasteiger partial charge on any atom is -0.309 e. The Morgan fingerprint density at radius 1 is 0.380 bits per heavy atom. The van der Waals surface area contributed by atoms with Crippen molar-refractivity contribution in [2.45, 2.75) is 0 Å². The Morgan fingerprint density at radius 2 is 0.840 bits per heavy atom. The third kappa shape index (κ3) is 4.45. The van der Waals surface area contributed by atoms with Crippen LogP contribution in [0.3, 0.4) is 0 Å². The maximum Gasteiger partial charge on any atom is 0.238 e.